The second kappa shape index (κ2) is 6.48. The van der Waals surface area contributed by atoms with Crippen molar-refractivity contribution in [2.24, 2.45) is 0 Å². The Kier molecular flexibility index (Phi) is 4.69. The van der Waals surface area contributed by atoms with Gasteiger partial charge in [-0.05, 0) is 24.3 Å². The summed E-state index contributed by atoms with van der Waals surface area (Å²) in [7, 11) is 0. The van der Waals surface area contributed by atoms with Crippen LogP contribution in [0.1, 0.15) is 19.4 Å². The maximum absolute atomic E-state index is 13.9. The Morgan fingerprint density at radius 3 is 2.30 bits per heavy atom. The number of halogens is 2. The first-order valence-corrected chi connectivity index (χ1v) is 6.51. The van der Waals surface area contributed by atoms with E-state index in [1.54, 1.807) is 24.3 Å². The molecule has 0 heterocycles. The predicted molar refractivity (Wildman–Crippen MR) is 74.8 cm³/mol. The van der Waals surface area contributed by atoms with Gasteiger partial charge in [0.1, 0.15) is 11.6 Å². The second-order valence-corrected chi connectivity index (χ2v) is 4.78. The van der Waals surface area contributed by atoms with Gasteiger partial charge in [0.15, 0.2) is 11.6 Å². The zero-order chi connectivity index (χ0) is 14.5. The van der Waals surface area contributed by atoms with E-state index in [4.69, 9.17) is 4.74 Å². The zero-order valence-corrected chi connectivity index (χ0v) is 11.5. The van der Waals surface area contributed by atoms with Gasteiger partial charge in [0, 0.05) is 18.2 Å². The number of ether oxygens (including phenoxy) is 1. The third kappa shape index (κ3) is 3.54. The van der Waals surface area contributed by atoms with E-state index in [1.165, 1.54) is 18.2 Å². The van der Waals surface area contributed by atoms with E-state index in [0.29, 0.717) is 17.9 Å². The number of rotatable bonds is 5. The van der Waals surface area contributed by atoms with Crippen LogP contribution in [-0.4, -0.2) is 6.04 Å². The van der Waals surface area contributed by atoms with Crippen LogP contribution < -0.4 is 10.1 Å². The van der Waals surface area contributed by atoms with Gasteiger partial charge in [-0.3, -0.25) is 0 Å². The monoisotopic (exact) mass is 277 g/mol. The molecule has 0 saturated heterocycles. The highest BCUT2D eigenvalue weighted by Crippen LogP contribution is 2.28. The van der Waals surface area contributed by atoms with Crippen molar-refractivity contribution >= 4 is 0 Å². The van der Waals surface area contributed by atoms with Crippen LogP contribution in [0.25, 0.3) is 0 Å². The Balaban J connectivity index is 2.27. The Morgan fingerprint density at radius 1 is 0.950 bits per heavy atom. The lowest BCUT2D eigenvalue weighted by atomic mass is 10.1. The molecule has 0 spiro atoms. The molecule has 0 bridgehead atoms. The standard InChI is InChI=1S/C16H17F2NO/c1-11(2)19-10-12-13(17)7-5-9-15(12)20-16-8-4-3-6-14(16)18/h3-9,11,19H,10H2,1-2H3. The number of hydrogen-bond acceptors (Lipinski definition) is 2. The largest absolute Gasteiger partial charge is 0.454 e. The SMILES string of the molecule is CC(C)NCc1c(F)cccc1Oc1ccccc1F. The van der Waals surface area contributed by atoms with Crippen LogP contribution in [0.4, 0.5) is 8.78 Å². The van der Waals surface area contributed by atoms with E-state index in [1.807, 2.05) is 13.8 Å². The number of hydrogen-bond donors (Lipinski definition) is 1. The highest BCUT2D eigenvalue weighted by atomic mass is 19.1. The van der Waals surface area contributed by atoms with Crippen molar-refractivity contribution in [3.8, 4) is 11.5 Å². The van der Waals surface area contributed by atoms with Crippen molar-refractivity contribution in [1.82, 2.24) is 5.32 Å². The van der Waals surface area contributed by atoms with Gasteiger partial charge in [-0.2, -0.15) is 0 Å². The lowest BCUT2D eigenvalue weighted by Crippen LogP contribution is -2.22. The van der Waals surface area contributed by atoms with Gasteiger partial charge in [0.25, 0.3) is 0 Å². The highest BCUT2D eigenvalue weighted by Gasteiger charge is 2.12. The number of nitrogens with one attached hydrogen (secondary N) is 1. The number of para-hydroxylation sites is 1. The maximum Gasteiger partial charge on any atom is 0.165 e. The fraction of sp³-hybridized carbons (Fsp3) is 0.250. The Bertz CT molecular complexity index is 584. The molecule has 0 aromatic heterocycles. The minimum atomic E-state index is -0.473. The van der Waals surface area contributed by atoms with E-state index >= 15 is 0 Å². The minimum Gasteiger partial charge on any atom is -0.454 e. The first-order valence-electron chi connectivity index (χ1n) is 6.51. The number of benzene rings is 2. The Morgan fingerprint density at radius 2 is 1.60 bits per heavy atom. The molecule has 2 nitrogen and oxygen atoms in total. The summed E-state index contributed by atoms with van der Waals surface area (Å²) in [6, 6.07) is 10.8. The van der Waals surface area contributed by atoms with E-state index in [9.17, 15) is 8.78 Å². The van der Waals surface area contributed by atoms with Crippen LogP contribution in [0.3, 0.4) is 0 Å². The summed E-state index contributed by atoms with van der Waals surface area (Å²) >= 11 is 0. The molecule has 106 valence electrons. The first kappa shape index (κ1) is 14.5. The van der Waals surface area contributed by atoms with Crippen molar-refractivity contribution in [3.05, 3.63) is 59.7 Å². The molecule has 0 aliphatic heterocycles. The fourth-order valence-electron chi connectivity index (χ4n) is 1.76. The molecule has 2 rings (SSSR count). The van der Waals surface area contributed by atoms with Gasteiger partial charge < -0.3 is 10.1 Å². The molecule has 2 aromatic rings. The van der Waals surface area contributed by atoms with Gasteiger partial charge >= 0.3 is 0 Å². The minimum absolute atomic E-state index is 0.0869. The fourth-order valence-corrected chi connectivity index (χ4v) is 1.76. The van der Waals surface area contributed by atoms with Crippen LogP contribution >= 0.6 is 0 Å². The molecule has 1 N–H and O–H groups in total. The van der Waals surface area contributed by atoms with Crippen LogP contribution in [0.15, 0.2) is 42.5 Å². The molecule has 0 amide bonds. The summed E-state index contributed by atoms with van der Waals surface area (Å²) in [5.74, 6) is -0.432. The molecule has 0 radical (unpaired) electrons. The summed E-state index contributed by atoms with van der Waals surface area (Å²) in [6.45, 7) is 4.27. The second-order valence-electron chi connectivity index (χ2n) is 4.78. The van der Waals surface area contributed by atoms with E-state index in [2.05, 4.69) is 5.32 Å². The molecule has 0 fully saturated rings. The van der Waals surface area contributed by atoms with E-state index < -0.39 is 5.82 Å². The van der Waals surface area contributed by atoms with Gasteiger partial charge in [-0.1, -0.05) is 32.0 Å². The molecule has 0 unspecified atom stereocenters. The molecule has 2 aromatic carbocycles. The third-order valence-corrected chi connectivity index (χ3v) is 2.82. The summed E-state index contributed by atoms with van der Waals surface area (Å²) in [5.41, 5.74) is 0.393. The predicted octanol–water partition coefficient (Wildman–Crippen LogP) is 4.26. The molecular weight excluding hydrogens is 260 g/mol. The molecule has 0 aliphatic rings. The van der Waals surface area contributed by atoms with Crippen molar-refractivity contribution in [2.75, 3.05) is 0 Å². The molecule has 4 heteroatoms. The van der Waals surface area contributed by atoms with Gasteiger partial charge in [0.05, 0.1) is 0 Å². The first-order chi connectivity index (χ1) is 9.58. The quantitative estimate of drug-likeness (QED) is 0.882. The topological polar surface area (TPSA) is 21.3 Å². The Hall–Kier alpha value is -1.94. The summed E-state index contributed by atoms with van der Waals surface area (Å²) in [4.78, 5) is 0. The van der Waals surface area contributed by atoms with Crippen LogP contribution in [-0.2, 0) is 6.54 Å². The van der Waals surface area contributed by atoms with E-state index in [0.717, 1.165) is 0 Å². The molecule has 0 atom stereocenters. The molecule has 0 saturated carbocycles. The zero-order valence-electron chi connectivity index (χ0n) is 11.5. The lowest BCUT2D eigenvalue weighted by molar-refractivity contribution is 0.427. The van der Waals surface area contributed by atoms with E-state index in [-0.39, 0.29) is 17.6 Å². The summed E-state index contributed by atoms with van der Waals surface area (Å²) < 4.78 is 33.0. The Labute approximate surface area is 117 Å². The van der Waals surface area contributed by atoms with Gasteiger partial charge in [0.2, 0.25) is 0 Å². The molecular formula is C16H17F2NO. The van der Waals surface area contributed by atoms with Crippen LogP contribution in [0, 0.1) is 11.6 Å². The summed E-state index contributed by atoms with van der Waals surface area (Å²) in [6.07, 6.45) is 0. The van der Waals surface area contributed by atoms with Gasteiger partial charge in [-0.25, -0.2) is 8.78 Å². The lowest BCUT2D eigenvalue weighted by Gasteiger charge is -2.14. The van der Waals surface area contributed by atoms with Crippen LogP contribution in [0.5, 0.6) is 11.5 Å². The normalized spacial score (nSPS) is 10.8. The van der Waals surface area contributed by atoms with Crippen molar-refractivity contribution in [2.45, 2.75) is 26.4 Å². The summed E-state index contributed by atoms with van der Waals surface area (Å²) in [5, 5.41) is 3.13. The molecule has 20 heavy (non-hydrogen) atoms. The highest BCUT2D eigenvalue weighted by molar-refractivity contribution is 5.39. The average Bonchev–Trinajstić information content (AvgIpc) is 2.40. The maximum atomic E-state index is 13.9. The third-order valence-electron chi connectivity index (χ3n) is 2.82. The smallest absolute Gasteiger partial charge is 0.165 e. The molecule has 0 aliphatic carbocycles. The van der Waals surface area contributed by atoms with Crippen molar-refractivity contribution in [1.29, 1.82) is 0 Å². The van der Waals surface area contributed by atoms with Crippen LogP contribution in [0.2, 0.25) is 0 Å². The van der Waals surface area contributed by atoms with Gasteiger partial charge in [-0.15, -0.1) is 0 Å². The van der Waals surface area contributed by atoms with Crippen molar-refractivity contribution < 1.29 is 13.5 Å². The average molecular weight is 277 g/mol. The van der Waals surface area contributed by atoms with Crippen molar-refractivity contribution in [3.63, 3.8) is 0 Å².